The van der Waals surface area contributed by atoms with Crippen LogP contribution in [0.15, 0.2) is 73.1 Å². The Balaban J connectivity index is 1.36. The number of benzene rings is 2. The summed E-state index contributed by atoms with van der Waals surface area (Å²) in [6.07, 6.45) is 4.16. The van der Waals surface area contributed by atoms with Gasteiger partial charge in [0.05, 0.1) is 18.3 Å². The van der Waals surface area contributed by atoms with Gasteiger partial charge >= 0.3 is 0 Å². The predicted molar refractivity (Wildman–Crippen MR) is 103 cm³/mol. The number of carbonyl (C=O) groups is 1. The van der Waals surface area contributed by atoms with Gasteiger partial charge in [0.15, 0.2) is 5.69 Å². The molecule has 0 aliphatic heterocycles. The second kappa shape index (κ2) is 7.78. The first-order valence-corrected chi connectivity index (χ1v) is 8.84. The standard InChI is InChI=1S/C21H19N5O/c27-21(19-15-26(25-24-19)14-16-6-2-1-3-7-16)23-13-11-18-9-4-8-17-10-5-12-22-20(17)18/h1-10,12,15H,11,13-14H2,(H,23,27). The summed E-state index contributed by atoms with van der Waals surface area (Å²) in [5.41, 5.74) is 3.52. The van der Waals surface area contributed by atoms with Crippen LogP contribution in [0.3, 0.4) is 0 Å². The van der Waals surface area contributed by atoms with Gasteiger partial charge in [-0.3, -0.25) is 9.78 Å². The number of amides is 1. The van der Waals surface area contributed by atoms with Gasteiger partial charge in [-0.15, -0.1) is 5.10 Å². The fourth-order valence-electron chi connectivity index (χ4n) is 3.02. The summed E-state index contributed by atoms with van der Waals surface area (Å²) in [4.78, 5) is 16.8. The van der Waals surface area contributed by atoms with Gasteiger partial charge < -0.3 is 5.32 Å². The third kappa shape index (κ3) is 4.00. The lowest BCUT2D eigenvalue weighted by Crippen LogP contribution is -2.26. The van der Waals surface area contributed by atoms with E-state index in [1.165, 1.54) is 0 Å². The van der Waals surface area contributed by atoms with Crippen LogP contribution < -0.4 is 5.32 Å². The molecule has 1 N–H and O–H groups in total. The average molecular weight is 357 g/mol. The molecule has 1 amide bonds. The molecule has 0 saturated carbocycles. The summed E-state index contributed by atoms with van der Waals surface area (Å²) < 4.78 is 1.67. The van der Waals surface area contributed by atoms with Gasteiger partial charge in [-0.05, 0) is 23.6 Å². The third-order valence-electron chi connectivity index (χ3n) is 4.35. The Hall–Kier alpha value is -3.54. The maximum Gasteiger partial charge on any atom is 0.273 e. The van der Waals surface area contributed by atoms with E-state index in [2.05, 4.69) is 20.6 Å². The van der Waals surface area contributed by atoms with Crippen molar-refractivity contribution in [2.75, 3.05) is 6.54 Å². The molecule has 0 fully saturated rings. The van der Waals surface area contributed by atoms with E-state index in [1.807, 2.05) is 60.7 Å². The van der Waals surface area contributed by atoms with Crippen LogP contribution in [0.2, 0.25) is 0 Å². The number of fused-ring (bicyclic) bond motifs is 1. The minimum Gasteiger partial charge on any atom is -0.350 e. The molecule has 27 heavy (non-hydrogen) atoms. The molecule has 0 bridgehead atoms. The van der Waals surface area contributed by atoms with Crippen LogP contribution >= 0.6 is 0 Å². The van der Waals surface area contributed by atoms with Crippen molar-refractivity contribution in [1.82, 2.24) is 25.3 Å². The molecule has 2 aromatic heterocycles. The Morgan fingerprint density at radius 2 is 1.85 bits per heavy atom. The molecule has 0 atom stereocenters. The summed E-state index contributed by atoms with van der Waals surface area (Å²) in [6.45, 7) is 1.10. The van der Waals surface area contributed by atoms with Crippen molar-refractivity contribution < 1.29 is 4.79 Å². The molecule has 0 spiro atoms. The quantitative estimate of drug-likeness (QED) is 0.576. The molecular weight excluding hydrogens is 338 g/mol. The molecule has 134 valence electrons. The third-order valence-corrected chi connectivity index (χ3v) is 4.35. The van der Waals surface area contributed by atoms with Crippen LogP contribution in [-0.4, -0.2) is 32.4 Å². The van der Waals surface area contributed by atoms with E-state index >= 15 is 0 Å². The van der Waals surface area contributed by atoms with E-state index in [-0.39, 0.29) is 5.91 Å². The largest absolute Gasteiger partial charge is 0.350 e. The number of carbonyl (C=O) groups excluding carboxylic acids is 1. The number of nitrogens with zero attached hydrogens (tertiary/aromatic N) is 4. The van der Waals surface area contributed by atoms with Crippen molar-refractivity contribution in [2.45, 2.75) is 13.0 Å². The number of pyridine rings is 1. The number of hydrogen-bond acceptors (Lipinski definition) is 4. The molecule has 4 rings (SSSR count). The number of hydrogen-bond donors (Lipinski definition) is 1. The van der Waals surface area contributed by atoms with E-state index in [0.29, 0.717) is 25.2 Å². The first-order chi connectivity index (χ1) is 13.3. The van der Waals surface area contributed by atoms with Gasteiger partial charge in [0, 0.05) is 18.1 Å². The van der Waals surface area contributed by atoms with E-state index in [9.17, 15) is 4.79 Å². The molecular formula is C21H19N5O. The van der Waals surface area contributed by atoms with Crippen LogP contribution in [0.4, 0.5) is 0 Å². The maximum absolute atomic E-state index is 12.3. The topological polar surface area (TPSA) is 72.7 Å². The number of nitrogens with one attached hydrogen (secondary N) is 1. The Morgan fingerprint density at radius 1 is 1.00 bits per heavy atom. The Kier molecular flexibility index (Phi) is 4.87. The molecule has 4 aromatic rings. The monoisotopic (exact) mass is 357 g/mol. The number of rotatable bonds is 6. The molecule has 0 saturated heterocycles. The molecule has 0 unspecified atom stereocenters. The van der Waals surface area contributed by atoms with E-state index in [1.54, 1.807) is 17.1 Å². The van der Waals surface area contributed by atoms with Gasteiger partial charge in [0.2, 0.25) is 0 Å². The summed E-state index contributed by atoms with van der Waals surface area (Å²) in [5.74, 6) is -0.220. The smallest absolute Gasteiger partial charge is 0.273 e. The SMILES string of the molecule is O=C(NCCc1cccc2cccnc12)c1cn(Cc2ccccc2)nn1. The van der Waals surface area contributed by atoms with Crippen LogP contribution in [0.25, 0.3) is 10.9 Å². The molecule has 6 nitrogen and oxygen atoms in total. The van der Waals surface area contributed by atoms with Crippen molar-refractivity contribution in [3.8, 4) is 0 Å². The Labute approximate surface area is 156 Å². The zero-order valence-corrected chi connectivity index (χ0v) is 14.7. The zero-order valence-electron chi connectivity index (χ0n) is 14.7. The summed E-state index contributed by atoms with van der Waals surface area (Å²) in [6, 6.07) is 20.0. The highest BCUT2D eigenvalue weighted by Crippen LogP contribution is 2.16. The van der Waals surface area contributed by atoms with Gasteiger partial charge in [0.1, 0.15) is 0 Å². The summed E-state index contributed by atoms with van der Waals surface area (Å²) in [5, 5.41) is 12.0. The lowest BCUT2D eigenvalue weighted by atomic mass is 10.1. The van der Waals surface area contributed by atoms with Gasteiger partial charge in [0.25, 0.3) is 5.91 Å². The molecule has 2 heterocycles. The second-order valence-electron chi connectivity index (χ2n) is 6.29. The van der Waals surface area contributed by atoms with E-state index < -0.39 is 0 Å². The van der Waals surface area contributed by atoms with Gasteiger partial charge in [-0.2, -0.15) is 0 Å². The van der Waals surface area contributed by atoms with Crippen molar-refractivity contribution in [3.63, 3.8) is 0 Å². The fraction of sp³-hybridized carbons (Fsp3) is 0.143. The molecule has 0 aliphatic carbocycles. The normalized spacial score (nSPS) is 10.8. The van der Waals surface area contributed by atoms with Crippen molar-refractivity contribution in [1.29, 1.82) is 0 Å². The highest BCUT2D eigenvalue weighted by molar-refractivity contribution is 5.91. The first-order valence-electron chi connectivity index (χ1n) is 8.84. The van der Waals surface area contributed by atoms with Crippen LogP contribution in [-0.2, 0) is 13.0 Å². The lowest BCUT2D eigenvalue weighted by Gasteiger charge is -2.06. The highest BCUT2D eigenvalue weighted by Gasteiger charge is 2.11. The zero-order chi connectivity index (χ0) is 18.5. The summed E-state index contributed by atoms with van der Waals surface area (Å²) in [7, 11) is 0. The fourth-order valence-corrected chi connectivity index (χ4v) is 3.02. The molecule has 0 radical (unpaired) electrons. The highest BCUT2D eigenvalue weighted by atomic mass is 16.2. The van der Waals surface area contributed by atoms with Gasteiger partial charge in [-0.1, -0.05) is 59.8 Å². The van der Waals surface area contributed by atoms with E-state index in [4.69, 9.17) is 0 Å². The maximum atomic E-state index is 12.3. The Morgan fingerprint density at radius 3 is 2.74 bits per heavy atom. The summed E-state index contributed by atoms with van der Waals surface area (Å²) >= 11 is 0. The van der Waals surface area contributed by atoms with Gasteiger partial charge in [-0.25, -0.2) is 4.68 Å². The second-order valence-corrected chi connectivity index (χ2v) is 6.29. The molecule has 0 aliphatic rings. The van der Waals surface area contributed by atoms with Crippen molar-refractivity contribution >= 4 is 16.8 Å². The number of aromatic nitrogens is 4. The average Bonchev–Trinajstić information content (AvgIpc) is 3.17. The molecule has 2 aromatic carbocycles. The van der Waals surface area contributed by atoms with Crippen molar-refractivity contribution in [2.24, 2.45) is 0 Å². The predicted octanol–water partition coefficient (Wildman–Crippen LogP) is 2.85. The van der Waals surface area contributed by atoms with Crippen molar-refractivity contribution in [3.05, 3.63) is 89.9 Å². The minimum atomic E-state index is -0.220. The van der Waals surface area contributed by atoms with Crippen LogP contribution in [0, 0.1) is 0 Å². The molecule has 6 heteroatoms. The number of para-hydroxylation sites is 1. The first kappa shape index (κ1) is 16.9. The Bertz CT molecular complexity index is 1050. The van der Waals surface area contributed by atoms with Crippen LogP contribution in [0.1, 0.15) is 21.6 Å². The van der Waals surface area contributed by atoms with E-state index in [0.717, 1.165) is 22.0 Å². The lowest BCUT2D eigenvalue weighted by molar-refractivity contribution is 0.0949. The minimum absolute atomic E-state index is 0.220. The van der Waals surface area contributed by atoms with Crippen LogP contribution in [0.5, 0.6) is 0 Å².